The second-order valence-corrected chi connectivity index (χ2v) is 9.20. The van der Waals surface area contributed by atoms with E-state index in [-0.39, 0.29) is 29.8 Å². The summed E-state index contributed by atoms with van der Waals surface area (Å²) >= 11 is 0. The van der Waals surface area contributed by atoms with E-state index < -0.39 is 0 Å². The van der Waals surface area contributed by atoms with Gasteiger partial charge in [0.1, 0.15) is 5.82 Å². The zero-order valence-electron chi connectivity index (χ0n) is 19.1. The minimum atomic E-state index is -0.367. The van der Waals surface area contributed by atoms with E-state index in [2.05, 4.69) is 4.57 Å². The number of carbonyl (C=O) groups excluding carboxylic acids is 1. The van der Waals surface area contributed by atoms with Crippen molar-refractivity contribution in [1.82, 2.24) is 14.1 Å². The molecule has 0 saturated heterocycles. The Bertz CT molecular complexity index is 1250. The quantitative estimate of drug-likeness (QED) is 0.658. The van der Waals surface area contributed by atoms with Gasteiger partial charge in [0, 0.05) is 29.9 Å². The normalized spacial score (nSPS) is 22.9. The van der Waals surface area contributed by atoms with Crippen LogP contribution in [-0.2, 0) is 17.7 Å². The Morgan fingerprint density at radius 2 is 2.06 bits per heavy atom. The maximum Gasteiger partial charge on any atom is 0.414 e. The number of imidazole rings is 1. The molecule has 0 spiro atoms. The molecule has 2 aliphatic rings. The first kappa shape index (κ1) is 21.7. The monoisotopic (exact) mass is 450 g/mol. The number of ether oxygens (including phenoxy) is 1. The maximum atomic E-state index is 12.5. The van der Waals surface area contributed by atoms with E-state index in [1.807, 2.05) is 25.1 Å². The number of amides is 1. The van der Waals surface area contributed by atoms with Crippen molar-refractivity contribution in [2.75, 3.05) is 12.0 Å². The summed E-state index contributed by atoms with van der Waals surface area (Å²) in [4.78, 5) is 31.7. The lowest BCUT2D eigenvalue weighted by atomic mass is 9.92. The summed E-state index contributed by atoms with van der Waals surface area (Å²) < 4.78 is 8.93. The number of hydrogen-bond donors (Lipinski definition) is 1. The van der Waals surface area contributed by atoms with Crippen LogP contribution in [0.4, 0.5) is 10.5 Å². The van der Waals surface area contributed by atoms with Crippen molar-refractivity contribution in [2.24, 2.45) is 0 Å². The van der Waals surface area contributed by atoms with Crippen LogP contribution in [0.5, 0.6) is 0 Å². The summed E-state index contributed by atoms with van der Waals surface area (Å²) in [6.45, 7) is 2.38. The first-order chi connectivity index (χ1) is 16.0. The molecule has 3 aromatic rings. The van der Waals surface area contributed by atoms with E-state index in [4.69, 9.17) is 9.72 Å². The summed E-state index contributed by atoms with van der Waals surface area (Å²) in [7, 11) is 1.40. The van der Waals surface area contributed by atoms with Gasteiger partial charge in [-0.3, -0.25) is 9.69 Å². The third-order valence-electron chi connectivity index (χ3n) is 7.09. The van der Waals surface area contributed by atoms with Crippen molar-refractivity contribution in [3.8, 4) is 0 Å². The number of methoxy groups -OCH3 is 1. The number of fused-ring (bicyclic) bond motifs is 3. The Labute approximate surface area is 192 Å². The molecule has 0 bridgehead atoms. The highest BCUT2D eigenvalue weighted by molar-refractivity contribution is 5.95. The van der Waals surface area contributed by atoms with Crippen LogP contribution in [0.1, 0.15) is 56.5 Å². The first-order valence-corrected chi connectivity index (χ1v) is 11.7. The van der Waals surface area contributed by atoms with Gasteiger partial charge in [0.2, 0.25) is 0 Å². The van der Waals surface area contributed by atoms with Crippen LogP contribution in [0.2, 0.25) is 0 Å². The number of aliphatic hydroxyl groups is 1. The van der Waals surface area contributed by atoms with Gasteiger partial charge >= 0.3 is 6.09 Å². The Morgan fingerprint density at radius 1 is 1.21 bits per heavy atom. The summed E-state index contributed by atoms with van der Waals surface area (Å²) in [5.41, 5.74) is 3.66. The zero-order chi connectivity index (χ0) is 23.1. The van der Waals surface area contributed by atoms with Crippen LogP contribution >= 0.6 is 0 Å². The molecule has 1 aliphatic heterocycles. The number of pyridine rings is 1. The topological polar surface area (TPSA) is 89.6 Å². The molecule has 3 heterocycles. The average Bonchev–Trinajstić information content (AvgIpc) is 3.18. The molecule has 8 nitrogen and oxygen atoms in total. The van der Waals surface area contributed by atoms with Gasteiger partial charge in [-0.15, -0.1) is 0 Å². The molecular weight excluding hydrogens is 420 g/mol. The molecule has 1 N–H and O–H groups in total. The molecule has 1 fully saturated rings. The van der Waals surface area contributed by atoms with Gasteiger partial charge in [0.15, 0.2) is 0 Å². The van der Waals surface area contributed by atoms with Gasteiger partial charge in [-0.05, 0) is 63.6 Å². The van der Waals surface area contributed by atoms with Crippen molar-refractivity contribution in [2.45, 2.75) is 70.2 Å². The summed E-state index contributed by atoms with van der Waals surface area (Å²) in [5, 5.41) is 10.4. The van der Waals surface area contributed by atoms with E-state index in [9.17, 15) is 14.7 Å². The Hall–Kier alpha value is -3.13. The number of hydrogen-bond acceptors (Lipinski definition) is 5. The van der Waals surface area contributed by atoms with Crippen LogP contribution in [-0.4, -0.2) is 44.6 Å². The van der Waals surface area contributed by atoms with Crippen LogP contribution in [0, 0.1) is 0 Å². The van der Waals surface area contributed by atoms with E-state index in [1.165, 1.54) is 7.11 Å². The Balaban J connectivity index is 1.68. The number of benzene rings is 1. The highest BCUT2D eigenvalue weighted by atomic mass is 16.5. The van der Waals surface area contributed by atoms with Gasteiger partial charge in [0.25, 0.3) is 5.56 Å². The fourth-order valence-electron chi connectivity index (χ4n) is 5.46. The van der Waals surface area contributed by atoms with Gasteiger partial charge in [-0.25, -0.2) is 9.78 Å². The van der Waals surface area contributed by atoms with Crippen molar-refractivity contribution >= 4 is 22.8 Å². The molecule has 0 radical (unpaired) electrons. The number of carbonyl (C=O) groups is 1. The number of aliphatic hydroxyl groups excluding tert-OH is 1. The number of aryl methyl sites for hydroxylation is 1. The lowest BCUT2D eigenvalue weighted by Crippen LogP contribution is -2.42. The molecular formula is C25H30N4O4. The molecule has 2 aromatic heterocycles. The Morgan fingerprint density at radius 3 is 2.82 bits per heavy atom. The SMILES string of the molecule is COC(=O)N1c2ccc3c(nc(Cn4ccccc4=O)n3[C@@H]3CCC[C@H](O)C3)c2CC[C@@H]1C. The highest BCUT2D eigenvalue weighted by Gasteiger charge is 2.33. The smallest absolute Gasteiger partial charge is 0.414 e. The van der Waals surface area contributed by atoms with Gasteiger partial charge in [0.05, 0.1) is 36.5 Å². The third kappa shape index (κ3) is 3.82. The summed E-state index contributed by atoms with van der Waals surface area (Å²) in [6.07, 6.45) is 6.12. The fourth-order valence-corrected chi connectivity index (χ4v) is 5.46. The zero-order valence-corrected chi connectivity index (χ0v) is 19.1. The van der Waals surface area contributed by atoms with Crippen molar-refractivity contribution < 1.29 is 14.6 Å². The third-order valence-corrected chi connectivity index (χ3v) is 7.09. The average molecular weight is 451 g/mol. The predicted molar refractivity (Wildman–Crippen MR) is 126 cm³/mol. The lowest BCUT2D eigenvalue weighted by Gasteiger charge is -2.34. The minimum absolute atomic E-state index is 0.0420. The first-order valence-electron chi connectivity index (χ1n) is 11.7. The molecule has 5 rings (SSSR count). The van der Waals surface area contributed by atoms with Crippen LogP contribution in [0.25, 0.3) is 11.0 Å². The van der Waals surface area contributed by atoms with Gasteiger partial charge in [-0.1, -0.05) is 6.07 Å². The molecule has 33 heavy (non-hydrogen) atoms. The lowest BCUT2D eigenvalue weighted by molar-refractivity contribution is 0.104. The molecule has 1 amide bonds. The number of nitrogens with zero attached hydrogens (tertiary/aromatic N) is 4. The molecule has 1 aromatic carbocycles. The summed E-state index contributed by atoms with van der Waals surface area (Å²) in [6, 6.07) is 9.29. The van der Waals surface area contributed by atoms with Crippen LogP contribution < -0.4 is 10.5 Å². The standard InChI is InChI=1S/C25H30N4O4/c1-16-9-10-19-20(28(16)25(32)33-2)11-12-21-24(19)26-22(15-27-13-4-3-8-23(27)31)29(21)17-6-5-7-18(30)14-17/h3-4,8,11-13,16-18,30H,5-7,9-10,14-15H2,1-2H3/t16-,17+,18-/m0/s1. The summed E-state index contributed by atoms with van der Waals surface area (Å²) in [5.74, 6) is 0.800. The molecule has 8 heteroatoms. The Kier molecular flexibility index (Phi) is 5.70. The van der Waals surface area contributed by atoms with E-state index in [1.54, 1.807) is 27.8 Å². The van der Waals surface area contributed by atoms with Crippen molar-refractivity contribution in [1.29, 1.82) is 0 Å². The van der Waals surface area contributed by atoms with E-state index >= 15 is 0 Å². The second kappa shape index (κ2) is 8.67. The molecule has 1 aliphatic carbocycles. The van der Waals surface area contributed by atoms with Gasteiger partial charge < -0.3 is 19.0 Å². The largest absolute Gasteiger partial charge is 0.452 e. The maximum absolute atomic E-state index is 12.5. The number of rotatable bonds is 3. The highest BCUT2D eigenvalue weighted by Crippen LogP contribution is 2.39. The van der Waals surface area contributed by atoms with Crippen LogP contribution in [0.3, 0.4) is 0 Å². The fraction of sp³-hybridized carbons (Fsp3) is 0.480. The van der Waals surface area contributed by atoms with Crippen molar-refractivity contribution in [3.05, 3.63) is 58.3 Å². The number of aromatic nitrogens is 3. The van der Waals surface area contributed by atoms with E-state index in [0.717, 1.165) is 60.2 Å². The van der Waals surface area contributed by atoms with Gasteiger partial charge in [-0.2, -0.15) is 0 Å². The molecule has 174 valence electrons. The van der Waals surface area contributed by atoms with E-state index in [0.29, 0.717) is 13.0 Å². The van der Waals surface area contributed by atoms with Crippen molar-refractivity contribution in [3.63, 3.8) is 0 Å². The van der Waals surface area contributed by atoms with Crippen LogP contribution in [0.15, 0.2) is 41.3 Å². The minimum Gasteiger partial charge on any atom is -0.452 e. The predicted octanol–water partition coefficient (Wildman–Crippen LogP) is 3.63. The second-order valence-electron chi connectivity index (χ2n) is 9.20. The molecule has 1 saturated carbocycles. The number of anilines is 1. The molecule has 3 atom stereocenters. The molecule has 0 unspecified atom stereocenters.